The number of carbonyl (C=O) groups excluding carboxylic acids is 3. The summed E-state index contributed by atoms with van der Waals surface area (Å²) in [5, 5.41) is 4.22. The summed E-state index contributed by atoms with van der Waals surface area (Å²) < 4.78 is 40.5. The number of likely N-dealkylation sites (tertiary alicyclic amines) is 1. The zero-order chi connectivity index (χ0) is 23.8. The maximum absolute atomic E-state index is 13.1. The first-order chi connectivity index (χ1) is 14.9. The fourth-order valence-corrected chi connectivity index (χ4v) is 4.02. The van der Waals surface area contributed by atoms with E-state index in [1.165, 1.54) is 40.5 Å². The second-order valence-electron chi connectivity index (χ2n) is 8.16. The molecule has 0 N–H and O–H groups in total. The van der Waals surface area contributed by atoms with Gasteiger partial charge in [-0.1, -0.05) is 6.07 Å². The maximum Gasteiger partial charge on any atom is 0.416 e. The van der Waals surface area contributed by atoms with Gasteiger partial charge in [-0.25, -0.2) is 4.68 Å². The molecular weight excluding hydrogens is 425 g/mol. The minimum absolute atomic E-state index is 0.0634. The van der Waals surface area contributed by atoms with Gasteiger partial charge in [-0.2, -0.15) is 18.3 Å². The first-order valence-corrected chi connectivity index (χ1v) is 10.2. The van der Waals surface area contributed by atoms with Crippen LogP contribution >= 0.6 is 0 Å². The van der Waals surface area contributed by atoms with E-state index in [1.807, 2.05) is 0 Å². The van der Waals surface area contributed by atoms with Gasteiger partial charge in [0.25, 0.3) is 11.7 Å². The van der Waals surface area contributed by atoms with Crippen LogP contribution in [-0.4, -0.2) is 64.4 Å². The normalized spacial score (nSPS) is 16.7. The topological polar surface area (TPSA) is 75.5 Å². The average Bonchev–Trinajstić information content (AvgIpc) is 3.05. The van der Waals surface area contributed by atoms with Crippen molar-refractivity contribution in [3.63, 3.8) is 0 Å². The number of aryl methyl sites for hydroxylation is 1. The monoisotopic (exact) mass is 450 g/mol. The summed E-state index contributed by atoms with van der Waals surface area (Å²) in [7, 11) is 3.28. The van der Waals surface area contributed by atoms with Crippen molar-refractivity contribution >= 4 is 17.6 Å². The molecule has 0 bridgehead atoms. The molecule has 1 aliphatic heterocycles. The number of halogens is 3. The molecule has 2 amide bonds. The third-order valence-corrected chi connectivity index (χ3v) is 5.63. The number of benzene rings is 1. The van der Waals surface area contributed by atoms with E-state index in [0.29, 0.717) is 19.4 Å². The number of hydrogen-bond donors (Lipinski definition) is 0. The summed E-state index contributed by atoms with van der Waals surface area (Å²) in [6.45, 7) is 3.59. The number of nitrogens with zero attached hydrogens (tertiary/aromatic N) is 4. The fourth-order valence-electron chi connectivity index (χ4n) is 4.02. The van der Waals surface area contributed by atoms with Crippen molar-refractivity contribution in [1.29, 1.82) is 0 Å². The zero-order valence-electron chi connectivity index (χ0n) is 18.4. The lowest BCUT2D eigenvalue weighted by atomic mass is 9.96. The lowest BCUT2D eigenvalue weighted by Crippen LogP contribution is -2.47. The summed E-state index contributed by atoms with van der Waals surface area (Å²) in [6, 6.07) is 4.61. The van der Waals surface area contributed by atoms with Gasteiger partial charge in [0.2, 0.25) is 5.91 Å². The van der Waals surface area contributed by atoms with Crippen LogP contribution in [0.15, 0.2) is 24.3 Å². The van der Waals surface area contributed by atoms with E-state index >= 15 is 0 Å². The van der Waals surface area contributed by atoms with Crippen LogP contribution in [0.5, 0.6) is 0 Å². The highest BCUT2D eigenvalue weighted by Crippen LogP contribution is 2.31. The number of alkyl halides is 3. The summed E-state index contributed by atoms with van der Waals surface area (Å²) in [5.41, 5.74) is -0.110. The highest BCUT2D eigenvalue weighted by Gasteiger charge is 2.35. The van der Waals surface area contributed by atoms with E-state index in [0.717, 1.165) is 12.1 Å². The van der Waals surface area contributed by atoms with Crippen LogP contribution in [0.4, 0.5) is 13.2 Å². The molecule has 0 spiro atoms. The number of hydrogen-bond acceptors (Lipinski definition) is 4. The number of aromatic nitrogens is 2. The largest absolute Gasteiger partial charge is 0.416 e. The Hall–Kier alpha value is -3.17. The Labute approximate surface area is 183 Å². The van der Waals surface area contributed by atoms with Crippen LogP contribution in [0.1, 0.15) is 40.2 Å². The molecule has 0 aliphatic carbocycles. The number of piperidine rings is 1. The lowest BCUT2D eigenvalue weighted by Gasteiger charge is -2.32. The molecule has 1 atom stereocenters. The summed E-state index contributed by atoms with van der Waals surface area (Å²) in [5.74, 6) is -1.99. The predicted octanol–water partition coefficient (Wildman–Crippen LogP) is 3.02. The van der Waals surface area contributed by atoms with Crippen LogP contribution in [-0.2, 0) is 15.8 Å². The van der Waals surface area contributed by atoms with Crippen molar-refractivity contribution < 1.29 is 27.6 Å². The van der Waals surface area contributed by atoms with Crippen LogP contribution in [0.3, 0.4) is 0 Å². The standard InChI is InChI=1S/C22H25F3N4O3/c1-13-18(14(2)29(26-13)17-9-5-8-16(11-17)22(23,24)25)19(30)21(32)28-10-6-7-15(12-28)20(31)27(3)4/h5,8-9,11,15H,6-7,10,12H2,1-4H3. The lowest BCUT2D eigenvalue weighted by molar-refractivity contribution is -0.138. The highest BCUT2D eigenvalue weighted by molar-refractivity contribution is 6.43. The van der Waals surface area contributed by atoms with Gasteiger partial charge in [0.05, 0.1) is 34.1 Å². The molecule has 1 aliphatic rings. The molecule has 3 rings (SSSR count). The van der Waals surface area contributed by atoms with Crippen molar-refractivity contribution in [1.82, 2.24) is 19.6 Å². The molecule has 172 valence electrons. The van der Waals surface area contributed by atoms with Crippen LogP contribution < -0.4 is 0 Å². The van der Waals surface area contributed by atoms with Crippen molar-refractivity contribution in [2.75, 3.05) is 27.2 Å². The predicted molar refractivity (Wildman–Crippen MR) is 110 cm³/mol. The van der Waals surface area contributed by atoms with E-state index in [9.17, 15) is 27.6 Å². The first kappa shape index (κ1) is 23.5. The van der Waals surface area contributed by atoms with Gasteiger partial charge in [-0.15, -0.1) is 0 Å². The second kappa shape index (κ2) is 8.76. The first-order valence-electron chi connectivity index (χ1n) is 10.2. The Kier molecular flexibility index (Phi) is 6.43. The van der Waals surface area contributed by atoms with Gasteiger partial charge >= 0.3 is 6.18 Å². The number of Topliss-reactive ketones (excluding diaryl/α,β-unsaturated/α-hetero) is 1. The molecule has 1 aromatic heterocycles. The van der Waals surface area contributed by atoms with Crippen LogP contribution in [0.25, 0.3) is 5.69 Å². The van der Waals surface area contributed by atoms with Crippen molar-refractivity contribution in [2.24, 2.45) is 5.92 Å². The molecule has 1 fully saturated rings. The molecule has 2 heterocycles. The molecular formula is C22H25F3N4O3. The van der Waals surface area contributed by atoms with Crippen molar-refractivity contribution in [3.8, 4) is 5.69 Å². The number of rotatable bonds is 4. The van der Waals surface area contributed by atoms with Crippen molar-refractivity contribution in [2.45, 2.75) is 32.9 Å². The number of ketones is 1. The van der Waals surface area contributed by atoms with Gasteiger partial charge in [-0.05, 0) is 44.9 Å². The minimum Gasteiger partial charge on any atom is -0.349 e. The Bertz CT molecular complexity index is 1060. The average molecular weight is 450 g/mol. The SMILES string of the molecule is Cc1nn(-c2cccc(C(F)(F)F)c2)c(C)c1C(=O)C(=O)N1CCCC(C(=O)N(C)C)C1. The molecule has 2 aromatic rings. The second-order valence-corrected chi connectivity index (χ2v) is 8.16. The number of carbonyl (C=O) groups is 3. The van der Waals surface area contributed by atoms with Gasteiger partial charge < -0.3 is 9.80 Å². The zero-order valence-corrected chi connectivity index (χ0v) is 18.4. The van der Waals surface area contributed by atoms with Gasteiger partial charge in [0.1, 0.15) is 0 Å². The van der Waals surface area contributed by atoms with E-state index in [2.05, 4.69) is 5.10 Å². The molecule has 0 radical (unpaired) electrons. The van der Waals surface area contributed by atoms with Crippen molar-refractivity contribution in [3.05, 3.63) is 46.8 Å². The molecule has 0 saturated carbocycles. The Balaban J connectivity index is 1.88. The van der Waals surface area contributed by atoms with E-state index in [-0.39, 0.29) is 41.0 Å². The Morgan fingerprint density at radius 3 is 2.47 bits per heavy atom. The summed E-state index contributed by atoms with van der Waals surface area (Å²) >= 11 is 0. The van der Waals surface area contributed by atoms with E-state index < -0.39 is 23.4 Å². The summed E-state index contributed by atoms with van der Waals surface area (Å²) in [6.07, 6.45) is -3.28. The third kappa shape index (κ3) is 4.53. The van der Waals surface area contributed by atoms with E-state index in [4.69, 9.17) is 0 Å². The highest BCUT2D eigenvalue weighted by atomic mass is 19.4. The van der Waals surface area contributed by atoms with Crippen LogP contribution in [0, 0.1) is 19.8 Å². The molecule has 1 saturated heterocycles. The fraction of sp³-hybridized carbons (Fsp3) is 0.455. The van der Waals surface area contributed by atoms with E-state index in [1.54, 1.807) is 14.1 Å². The minimum atomic E-state index is -4.52. The van der Waals surface area contributed by atoms with Gasteiger partial charge in [-0.3, -0.25) is 14.4 Å². The maximum atomic E-state index is 13.1. The molecule has 1 aromatic carbocycles. The molecule has 32 heavy (non-hydrogen) atoms. The molecule has 1 unspecified atom stereocenters. The molecule has 10 heteroatoms. The van der Waals surface area contributed by atoms with Crippen LogP contribution in [0.2, 0.25) is 0 Å². The molecule has 7 nitrogen and oxygen atoms in total. The van der Waals surface area contributed by atoms with Gasteiger partial charge in [0.15, 0.2) is 0 Å². The van der Waals surface area contributed by atoms with Gasteiger partial charge in [0, 0.05) is 27.2 Å². The third-order valence-electron chi connectivity index (χ3n) is 5.63. The quantitative estimate of drug-likeness (QED) is 0.530. The Morgan fingerprint density at radius 1 is 1.16 bits per heavy atom. The Morgan fingerprint density at radius 2 is 1.84 bits per heavy atom. The summed E-state index contributed by atoms with van der Waals surface area (Å²) in [4.78, 5) is 41.1. The number of amides is 2. The smallest absolute Gasteiger partial charge is 0.349 e.